The molecule has 2 saturated carbocycles. The van der Waals surface area contributed by atoms with Crippen molar-refractivity contribution in [1.82, 2.24) is 5.32 Å². The number of ether oxygens (including phenoxy) is 1. The lowest BCUT2D eigenvalue weighted by Gasteiger charge is -2.39. The lowest BCUT2D eigenvalue weighted by Crippen LogP contribution is -2.49. The van der Waals surface area contributed by atoms with Crippen molar-refractivity contribution in [1.29, 1.82) is 0 Å². The number of rotatable bonds is 3. The molecule has 1 aliphatic heterocycles. The number of aliphatic hydroxyl groups is 1. The van der Waals surface area contributed by atoms with Crippen LogP contribution >= 0.6 is 0 Å². The molecule has 2 aliphatic carbocycles. The van der Waals surface area contributed by atoms with Crippen LogP contribution in [0.1, 0.15) is 64.7 Å². The average molecular weight is 267 g/mol. The van der Waals surface area contributed by atoms with E-state index in [1.165, 1.54) is 51.4 Å². The van der Waals surface area contributed by atoms with Crippen molar-refractivity contribution in [2.24, 2.45) is 5.41 Å². The van der Waals surface area contributed by atoms with Gasteiger partial charge in [0.2, 0.25) is 0 Å². The number of hydrogen-bond donors (Lipinski definition) is 2. The van der Waals surface area contributed by atoms with Gasteiger partial charge in [0.1, 0.15) is 5.60 Å². The largest absolute Gasteiger partial charge is 0.386 e. The molecule has 1 saturated heterocycles. The van der Waals surface area contributed by atoms with Crippen molar-refractivity contribution in [2.75, 3.05) is 13.2 Å². The Morgan fingerprint density at radius 2 is 1.79 bits per heavy atom. The molecule has 3 rings (SSSR count). The molecule has 2 atom stereocenters. The Balaban J connectivity index is 1.45. The molecule has 3 fully saturated rings. The fourth-order valence-corrected chi connectivity index (χ4v) is 4.38. The molecule has 110 valence electrons. The summed E-state index contributed by atoms with van der Waals surface area (Å²) < 4.78 is 5.49. The highest BCUT2D eigenvalue weighted by atomic mass is 16.5. The van der Waals surface area contributed by atoms with Gasteiger partial charge >= 0.3 is 0 Å². The first-order chi connectivity index (χ1) is 9.12. The molecule has 19 heavy (non-hydrogen) atoms. The van der Waals surface area contributed by atoms with Gasteiger partial charge in [0.25, 0.3) is 0 Å². The van der Waals surface area contributed by atoms with Crippen LogP contribution in [0.5, 0.6) is 0 Å². The highest BCUT2D eigenvalue weighted by molar-refractivity contribution is 4.95. The van der Waals surface area contributed by atoms with E-state index in [2.05, 4.69) is 5.32 Å². The van der Waals surface area contributed by atoms with Crippen LogP contribution in [-0.4, -0.2) is 36.0 Å². The predicted molar refractivity (Wildman–Crippen MR) is 76.1 cm³/mol. The summed E-state index contributed by atoms with van der Waals surface area (Å²) in [7, 11) is 0. The zero-order valence-electron chi connectivity index (χ0n) is 12.3. The standard InChI is InChI=1S/C16H29NO2/c1-13-16(18,10-11-19-13)12-17-14-4-8-15(9-5-14)6-2-3-7-15/h13-14,17-18H,2-12H2,1H3. The predicted octanol–water partition coefficient (Wildman–Crippen LogP) is 2.62. The molecule has 0 radical (unpaired) electrons. The summed E-state index contributed by atoms with van der Waals surface area (Å²) in [5, 5.41) is 14.1. The Kier molecular flexibility index (Phi) is 3.89. The number of hydrogen-bond acceptors (Lipinski definition) is 3. The molecule has 2 unspecified atom stereocenters. The van der Waals surface area contributed by atoms with Gasteiger partial charge in [0.05, 0.1) is 6.10 Å². The normalized spacial score (nSPS) is 39.2. The summed E-state index contributed by atoms with van der Waals surface area (Å²) in [6.07, 6.45) is 12.0. The van der Waals surface area contributed by atoms with Crippen molar-refractivity contribution in [3.8, 4) is 0 Å². The van der Waals surface area contributed by atoms with Gasteiger partial charge in [0, 0.05) is 25.6 Å². The van der Waals surface area contributed by atoms with E-state index in [4.69, 9.17) is 4.74 Å². The van der Waals surface area contributed by atoms with Crippen LogP contribution in [0.25, 0.3) is 0 Å². The van der Waals surface area contributed by atoms with Crippen LogP contribution in [0, 0.1) is 5.41 Å². The molecule has 0 bridgehead atoms. The Morgan fingerprint density at radius 1 is 1.11 bits per heavy atom. The van der Waals surface area contributed by atoms with Gasteiger partial charge in [-0.1, -0.05) is 12.8 Å². The van der Waals surface area contributed by atoms with Crippen molar-refractivity contribution in [3.05, 3.63) is 0 Å². The molecule has 2 N–H and O–H groups in total. The zero-order valence-corrected chi connectivity index (χ0v) is 12.3. The fourth-order valence-electron chi connectivity index (χ4n) is 4.38. The first-order valence-corrected chi connectivity index (χ1v) is 8.19. The van der Waals surface area contributed by atoms with E-state index in [0.29, 0.717) is 24.6 Å². The van der Waals surface area contributed by atoms with E-state index in [9.17, 15) is 5.11 Å². The van der Waals surface area contributed by atoms with E-state index < -0.39 is 5.60 Å². The number of nitrogens with one attached hydrogen (secondary N) is 1. The van der Waals surface area contributed by atoms with Crippen molar-refractivity contribution < 1.29 is 9.84 Å². The molecule has 0 aromatic heterocycles. The van der Waals surface area contributed by atoms with Gasteiger partial charge in [-0.15, -0.1) is 0 Å². The lowest BCUT2D eigenvalue weighted by atomic mass is 9.71. The highest BCUT2D eigenvalue weighted by Crippen LogP contribution is 2.48. The van der Waals surface area contributed by atoms with Crippen molar-refractivity contribution in [3.63, 3.8) is 0 Å². The minimum absolute atomic E-state index is 0.0234. The summed E-state index contributed by atoms with van der Waals surface area (Å²) >= 11 is 0. The zero-order chi connectivity index (χ0) is 13.3. The minimum Gasteiger partial charge on any atom is -0.386 e. The second-order valence-electron chi connectivity index (χ2n) is 7.23. The van der Waals surface area contributed by atoms with Crippen LogP contribution in [0.2, 0.25) is 0 Å². The van der Waals surface area contributed by atoms with E-state index >= 15 is 0 Å². The SMILES string of the molecule is CC1OCCC1(O)CNC1CCC2(CCCC2)CC1. The van der Waals surface area contributed by atoms with Gasteiger partial charge in [-0.2, -0.15) is 0 Å². The molecule has 1 spiro atoms. The van der Waals surface area contributed by atoms with Crippen LogP contribution in [-0.2, 0) is 4.74 Å². The third kappa shape index (κ3) is 2.84. The summed E-state index contributed by atoms with van der Waals surface area (Å²) in [5.74, 6) is 0. The third-order valence-corrected chi connectivity index (χ3v) is 6.07. The first kappa shape index (κ1) is 13.8. The van der Waals surface area contributed by atoms with Gasteiger partial charge in [-0.05, 0) is 50.9 Å². The maximum Gasteiger partial charge on any atom is 0.105 e. The first-order valence-electron chi connectivity index (χ1n) is 8.19. The molecule has 3 nitrogen and oxygen atoms in total. The molecule has 0 aromatic carbocycles. The summed E-state index contributed by atoms with van der Waals surface area (Å²) in [4.78, 5) is 0. The van der Waals surface area contributed by atoms with Crippen LogP contribution in [0.4, 0.5) is 0 Å². The molecule has 0 aromatic rings. The van der Waals surface area contributed by atoms with E-state index in [1.54, 1.807) is 0 Å². The van der Waals surface area contributed by atoms with Crippen LogP contribution < -0.4 is 5.32 Å². The Bertz CT molecular complexity index is 304. The van der Waals surface area contributed by atoms with Gasteiger partial charge in [-0.3, -0.25) is 0 Å². The maximum absolute atomic E-state index is 10.5. The minimum atomic E-state index is -0.636. The molecule has 3 heteroatoms. The van der Waals surface area contributed by atoms with E-state index in [0.717, 1.165) is 6.42 Å². The molecular weight excluding hydrogens is 238 g/mol. The van der Waals surface area contributed by atoms with Gasteiger partial charge in [-0.25, -0.2) is 0 Å². The Hall–Kier alpha value is -0.120. The average Bonchev–Trinajstić information content (AvgIpc) is 2.99. The molecule has 1 heterocycles. The maximum atomic E-state index is 10.5. The quantitative estimate of drug-likeness (QED) is 0.826. The summed E-state index contributed by atoms with van der Waals surface area (Å²) in [6.45, 7) is 3.39. The van der Waals surface area contributed by atoms with Crippen LogP contribution in [0.15, 0.2) is 0 Å². The second-order valence-corrected chi connectivity index (χ2v) is 7.23. The molecule has 3 aliphatic rings. The van der Waals surface area contributed by atoms with Crippen molar-refractivity contribution in [2.45, 2.75) is 82.5 Å². The fraction of sp³-hybridized carbons (Fsp3) is 1.00. The monoisotopic (exact) mass is 267 g/mol. The summed E-state index contributed by atoms with van der Waals surface area (Å²) in [6, 6.07) is 0.614. The third-order valence-electron chi connectivity index (χ3n) is 6.07. The highest BCUT2D eigenvalue weighted by Gasteiger charge is 2.41. The topological polar surface area (TPSA) is 41.5 Å². The van der Waals surface area contributed by atoms with Crippen LogP contribution in [0.3, 0.4) is 0 Å². The second kappa shape index (κ2) is 5.34. The molecular formula is C16H29NO2. The Labute approximate surface area is 117 Å². The van der Waals surface area contributed by atoms with Gasteiger partial charge in [0.15, 0.2) is 0 Å². The lowest BCUT2D eigenvalue weighted by molar-refractivity contribution is -0.0290. The Morgan fingerprint density at radius 3 is 2.37 bits per heavy atom. The van der Waals surface area contributed by atoms with E-state index in [-0.39, 0.29) is 6.10 Å². The van der Waals surface area contributed by atoms with Crippen molar-refractivity contribution >= 4 is 0 Å². The van der Waals surface area contributed by atoms with E-state index in [1.807, 2.05) is 6.92 Å². The molecule has 0 amide bonds. The van der Waals surface area contributed by atoms with Gasteiger partial charge < -0.3 is 15.2 Å². The smallest absolute Gasteiger partial charge is 0.105 e. The summed E-state index contributed by atoms with van der Waals surface area (Å²) in [5.41, 5.74) is 0.0708.